The van der Waals surface area contributed by atoms with Crippen LogP contribution in [-0.2, 0) is 0 Å². The Hall–Kier alpha value is -1.96. The van der Waals surface area contributed by atoms with E-state index in [0.29, 0.717) is 6.17 Å². The Labute approximate surface area is 103 Å². The number of benzene rings is 1. The van der Waals surface area contributed by atoms with E-state index in [0.717, 1.165) is 6.54 Å². The summed E-state index contributed by atoms with van der Waals surface area (Å²) in [4.78, 5) is 2.34. The van der Waals surface area contributed by atoms with Crippen molar-refractivity contribution in [2.45, 2.75) is 13.1 Å². The molecule has 0 saturated heterocycles. The quantitative estimate of drug-likeness (QED) is 0.790. The highest BCUT2D eigenvalue weighted by molar-refractivity contribution is 5.75. The molecule has 0 spiro atoms. The Kier molecular flexibility index (Phi) is 3.66. The Balaban J connectivity index is 2.04. The van der Waals surface area contributed by atoms with E-state index in [4.69, 9.17) is 0 Å². The number of allylic oxidation sites excluding steroid dienone is 4. The molecule has 0 saturated carbocycles. The molecule has 2 heteroatoms. The summed E-state index contributed by atoms with van der Waals surface area (Å²) in [5.41, 5.74) is 2.49. The molecule has 1 aromatic rings. The third kappa shape index (κ3) is 2.59. The molecule has 1 unspecified atom stereocenters. The van der Waals surface area contributed by atoms with Gasteiger partial charge in [0.1, 0.15) is 0 Å². The van der Waals surface area contributed by atoms with Gasteiger partial charge in [0, 0.05) is 6.54 Å². The zero-order valence-electron chi connectivity index (χ0n) is 10.1. The Morgan fingerprint density at radius 2 is 2.12 bits per heavy atom. The van der Waals surface area contributed by atoms with E-state index in [9.17, 15) is 0 Å². The maximum atomic E-state index is 3.64. The van der Waals surface area contributed by atoms with Gasteiger partial charge in [-0.1, -0.05) is 49.1 Å². The van der Waals surface area contributed by atoms with Crippen molar-refractivity contribution in [3.8, 4) is 0 Å². The first-order chi connectivity index (χ1) is 8.33. The summed E-state index contributed by atoms with van der Waals surface area (Å²) < 4.78 is 0. The number of fused-ring (bicyclic) bond motifs is 1. The van der Waals surface area contributed by atoms with E-state index in [2.05, 4.69) is 60.1 Å². The molecule has 1 aliphatic rings. The lowest BCUT2D eigenvalue weighted by molar-refractivity contribution is 0.770. The van der Waals surface area contributed by atoms with Crippen LogP contribution in [0.1, 0.15) is 6.92 Å². The van der Waals surface area contributed by atoms with E-state index in [1.165, 1.54) is 11.4 Å². The first-order valence-corrected chi connectivity index (χ1v) is 5.89. The van der Waals surface area contributed by atoms with Gasteiger partial charge in [0.2, 0.25) is 0 Å². The van der Waals surface area contributed by atoms with Crippen LogP contribution in [0.2, 0.25) is 0 Å². The Morgan fingerprint density at radius 1 is 1.29 bits per heavy atom. The summed E-state index contributed by atoms with van der Waals surface area (Å²) in [5.74, 6) is 0. The fraction of sp³-hybridized carbons (Fsp3) is 0.200. The minimum absolute atomic E-state index is 0.348. The molecule has 17 heavy (non-hydrogen) atoms. The molecule has 1 aliphatic heterocycles. The second-order valence-corrected chi connectivity index (χ2v) is 4.04. The van der Waals surface area contributed by atoms with Crippen molar-refractivity contribution in [3.05, 3.63) is 61.2 Å². The van der Waals surface area contributed by atoms with Gasteiger partial charge in [0.25, 0.3) is 0 Å². The molecule has 0 fully saturated rings. The van der Waals surface area contributed by atoms with Crippen molar-refractivity contribution in [2.24, 2.45) is 0 Å². The maximum Gasteiger partial charge on any atom is 0.0965 e. The lowest BCUT2D eigenvalue weighted by atomic mass is 10.2. The predicted molar refractivity (Wildman–Crippen MR) is 75.3 cm³/mol. The lowest BCUT2D eigenvalue weighted by Crippen LogP contribution is -2.32. The third-order valence-corrected chi connectivity index (χ3v) is 2.84. The molecule has 2 rings (SSSR count). The van der Waals surface area contributed by atoms with Crippen LogP contribution in [0.4, 0.5) is 11.4 Å². The molecule has 1 heterocycles. The maximum absolute atomic E-state index is 3.64. The van der Waals surface area contributed by atoms with Crippen molar-refractivity contribution in [2.75, 3.05) is 16.8 Å². The summed E-state index contributed by atoms with van der Waals surface area (Å²) in [5, 5.41) is 3.46. The van der Waals surface area contributed by atoms with Gasteiger partial charge in [0.15, 0.2) is 0 Å². The number of rotatable bonds is 4. The fourth-order valence-corrected chi connectivity index (χ4v) is 2.01. The number of anilines is 2. The topological polar surface area (TPSA) is 15.3 Å². The van der Waals surface area contributed by atoms with Crippen LogP contribution in [0.25, 0.3) is 0 Å². The SMILES string of the molecule is C=C/C=C\C=C/CN1c2ccccc2NC1C. The van der Waals surface area contributed by atoms with E-state index in [-0.39, 0.29) is 0 Å². The number of para-hydroxylation sites is 2. The van der Waals surface area contributed by atoms with Crippen LogP contribution < -0.4 is 10.2 Å². The summed E-state index contributed by atoms with van der Waals surface area (Å²) >= 11 is 0. The zero-order valence-corrected chi connectivity index (χ0v) is 10.1. The van der Waals surface area contributed by atoms with Gasteiger partial charge in [-0.05, 0) is 19.1 Å². The average molecular weight is 226 g/mol. The third-order valence-electron chi connectivity index (χ3n) is 2.84. The molecule has 0 amide bonds. The molecule has 0 aromatic heterocycles. The molecule has 0 bridgehead atoms. The van der Waals surface area contributed by atoms with Crippen LogP contribution in [0, 0.1) is 0 Å². The molecule has 2 nitrogen and oxygen atoms in total. The zero-order chi connectivity index (χ0) is 12.1. The summed E-state index contributed by atoms with van der Waals surface area (Å²) in [6.45, 7) is 6.72. The monoisotopic (exact) mass is 226 g/mol. The lowest BCUT2D eigenvalue weighted by Gasteiger charge is -2.21. The van der Waals surface area contributed by atoms with E-state index in [1.54, 1.807) is 6.08 Å². The van der Waals surface area contributed by atoms with Crippen molar-refractivity contribution < 1.29 is 0 Å². The number of nitrogens with zero attached hydrogens (tertiary/aromatic N) is 1. The van der Waals surface area contributed by atoms with Crippen molar-refractivity contribution in [1.29, 1.82) is 0 Å². The Bertz CT molecular complexity index is 446. The van der Waals surface area contributed by atoms with E-state index < -0.39 is 0 Å². The average Bonchev–Trinajstić information content (AvgIpc) is 2.65. The van der Waals surface area contributed by atoms with Crippen LogP contribution in [0.3, 0.4) is 0 Å². The summed E-state index contributed by atoms with van der Waals surface area (Å²) in [6.07, 6.45) is 10.2. The molecule has 1 atom stereocenters. The van der Waals surface area contributed by atoms with Crippen molar-refractivity contribution >= 4 is 11.4 Å². The normalized spacial score (nSPS) is 18.6. The van der Waals surface area contributed by atoms with Gasteiger partial charge >= 0.3 is 0 Å². The van der Waals surface area contributed by atoms with E-state index in [1.807, 2.05) is 12.2 Å². The fourth-order valence-electron chi connectivity index (χ4n) is 2.01. The Morgan fingerprint density at radius 3 is 2.94 bits per heavy atom. The van der Waals surface area contributed by atoms with E-state index >= 15 is 0 Å². The molecular weight excluding hydrogens is 208 g/mol. The van der Waals surface area contributed by atoms with Crippen LogP contribution in [-0.4, -0.2) is 12.7 Å². The van der Waals surface area contributed by atoms with Gasteiger partial charge in [-0.2, -0.15) is 0 Å². The molecule has 1 aromatic carbocycles. The summed E-state index contributed by atoms with van der Waals surface area (Å²) in [6, 6.07) is 8.41. The van der Waals surface area contributed by atoms with Crippen LogP contribution >= 0.6 is 0 Å². The van der Waals surface area contributed by atoms with Crippen molar-refractivity contribution in [1.82, 2.24) is 0 Å². The van der Waals surface area contributed by atoms with Gasteiger partial charge in [-0.25, -0.2) is 0 Å². The first-order valence-electron chi connectivity index (χ1n) is 5.89. The molecular formula is C15H18N2. The van der Waals surface area contributed by atoms with Gasteiger partial charge in [-0.3, -0.25) is 0 Å². The van der Waals surface area contributed by atoms with Crippen LogP contribution in [0.15, 0.2) is 61.2 Å². The van der Waals surface area contributed by atoms with Crippen LogP contribution in [0.5, 0.6) is 0 Å². The number of nitrogens with one attached hydrogen (secondary N) is 1. The van der Waals surface area contributed by atoms with Gasteiger partial charge < -0.3 is 10.2 Å². The van der Waals surface area contributed by atoms with Gasteiger partial charge in [-0.15, -0.1) is 0 Å². The second-order valence-electron chi connectivity index (χ2n) is 4.04. The first kappa shape index (κ1) is 11.5. The molecule has 1 N–H and O–H groups in total. The molecule has 0 aliphatic carbocycles. The minimum atomic E-state index is 0.348. The molecule has 0 radical (unpaired) electrons. The molecule has 88 valence electrons. The highest BCUT2D eigenvalue weighted by Gasteiger charge is 2.22. The second kappa shape index (κ2) is 5.39. The smallest absolute Gasteiger partial charge is 0.0965 e. The highest BCUT2D eigenvalue weighted by Crippen LogP contribution is 2.33. The number of hydrogen-bond acceptors (Lipinski definition) is 2. The van der Waals surface area contributed by atoms with Crippen molar-refractivity contribution in [3.63, 3.8) is 0 Å². The minimum Gasteiger partial charge on any atom is -0.364 e. The van der Waals surface area contributed by atoms with Gasteiger partial charge in [0.05, 0.1) is 17.5 Å². The standard InChI is InChI=1S/C15H18N2/c1-3-4-5-6-9-12-17-13(2)16-14-10-7-8-11-15(14)17/h3-11,13,16H,1,12H2,2H3/b5-4-,9-6-. The largest absolute Gasteiger partial charge is 0.364 e. The number of hydrogen-bond donors (Lipinski definition) is 1. The highest BCUT2D eigenvalue weighted by atomic mass is 15.3. The predicted octanol–water partition coefficient (Wildman–Crippen LogP) is 3.56. The summed E-state index contributed by atoms with van der Waals surface area (Å²) in [7, 11) is 0.